The van der Waals surface area contributed by atoms with E-state index < -0.39 is 11.6 Å². The first kappa shape index (κ1) is 23.6. The summed E-state index contributed by atoms with van der Waals surface area (Å²) in [4.78, 5) is 28.4. The van der Waals surface area contributed by atoms with E-state index in [4.69, 9.17) is 23.2 Å². The lowest BCUT2D eigenvalue weighted by Crippen LogP contribution is -2.52. The third kappa shape index (κ3) is 7.25. The van der Waals surface area contributed by atoms with E-state index in [1.165, 1.54) is 16.7 Å². The summed E-state index contributed by atoms with van der Waals surface area (Å²) < 4.78 is 0. The summed E-state index contributed by atoms with van der Waals surface area (Å²) in [7, 11) is 0. The molecule has 0 heterocycles. The maximum Gasteiger partial charge on any atom is 0.242 e. The molecule has 0 saturated carbocycles. The fraction of sp³-hybridized carbons (Fsp3) is 0.364. The normalized spacial score (nSPS) is 12.3. The van der Waals surface area contributed by atoms with Crippen LogP contribution in [0.25, 0.3) is 0 Å². The molecule has 0 bridgehead atoms. The van der Waals surface area contributed by atoms with Crippen molar-refractivity contribution in [1.29, 1.82) is 0 Å². The number of thioether (sulfide) groups is 1. The number of nitrogens with zero attached hydrogens (tertiary/aromatic N) is 1. The van der Waals surface area contributed by atoms with Gasteiger partial charge in [-0.25, -0.2) is 0 Å². The van der Waals surface area contributed by atoms with E-state index in [1.54, 1.807) is 25.1 Å². The van der Waals surface area contributed by atoms with Gasteiger partial charge in [0.2, 0.25) is 11.8 Å². The van der Waals surface area contributed by atoms with Gasteiger partial charge >= 0.3 is 0 Å². The molecule has 156 valence electrons. The largest absolute Gasteiger partial charge is 0.350 e. The van der Waals surface area contributed by atoms with Crippen LogP contribution < -0.4 is 5.32 Å². The molecule has 0 aliphatic heterocycles. The predicted molar refractivity (Wildman–Crippen MR) is 122 cm³/mol. The minimum absolute atomic E-state index is 0.158. The SMILES string of the molecule is CC(C(=O)NC(C)(C)C)N(Cc1c(Cl)cccc1Cl)C(=O)CSc1ccccc1. The fourth-order valence-corrected chi connectivity index (χ4v) is 3.98. The highest BCUT2D eigenvalue weighted by Crippen LogP contribution is 2.27. The van der Waals surface area contributed by atoms with Gasteiger partial charge in [0, 0.05) is 32.6 Å². The van der Waals surface area contributed by atoms with E-state index in [-0.39, 0.29) is 24.1 Å². The molecule has 0 spiro atoms. The molecule has 2 rings (SSSR count). The summed E-state index contributed by atoms with van der Waals surface area (Å²) in [6.45, 7) is 7.59. The first-order valence-electron chi connectivity index (χ1n) is 9.30. The first-order valence-corrected chi connectivity index (χ1v) is 11.0. The van der Waals surface area contributed by atoms with Gasteiger partial charge < -0.3 is 10.2 Å². The molecule has 2 aromatic rings. The van der Waals surface area contributed by atoms with Crippen LogP contribution in [0.15, 0.2) is 53.4 Å². The van der Waals surface area contributed by atoms with Crippen molar-refractivity contribution in [3.8, 4) is 0 Å². The molecule has 4 nitrogen and oxygen atoms in total. The number of benzene rings is 2. The number of carbonyl (C=O) groups is 2. The van der Waals surface area contributed by atoms with Crippen LogP contribution >= 0.6 is 35.0 Å². The Morgan fingerprint density at radius 3 is 2.17 bits per heavy atom. The second-order valence-corrected chi connectivity index (χ2v) is 9.60. The topological polar surface area (TPSA) is 49.4 Å². The molecule has 0 fully saturated rings. The molecule has 2 amide bonds. The van der Waals surface area contributed by atoms with Gasteiger partial charge in [0.25, 0.3) is 0 Å². The van der Waals surface area contributed by atoms with Crippen LogP contribution in [0.2, 0.25) is 10.0 Å². The smallest absolute Gasteiger partial charge is 0.242 e. The van der Waals surface area contributed by atoms with Crippen LogP contribution in [0.3, 0.4) is 0 Å². The Labute approximate surface area is 187 Å². The third-order valence-electron chi connectivity index (χ3n) is 4.16. The van der Waals surface area contributed by atoms with Gasteiger partial charge in [0.1, 0.15) is 6.04 Å². The van der Waals surface area contributed by atoms with Crippen molar-refractivity contribution in [3.63, 3.8) is 0 Å². The van der Waals surface area contributed by atoms with Gasteiger partial charge in [-0.15, -0.1) is 11.8 Å². The quantitative estimate of drug-likeness (QED) is 0.570. The van der Waals surface area contributed by atoms with Crippen molar-refractivity contribution in [2.24, 2.45) is 0 Å². The summed E-state index contributed by atoms with van der Waals surface area (Å²) in [6, 6.07) is 14.2. The van der Waals surface area contributed by atoms with Crippen molar-refractivity contribution >= 4 is 46.8 Å². The summed E-state index contributed by atoms with van der Waals surface area (Å²) in [5.41, 5.74) is 0.227. The summed E-state index contributed by atoms with van der Waals surface area (Å²) in [5, 5.41) is 3.87. The molecular weight excluding hydrogens is 427 g/mol. The summed E-state index contributed by atoms with van der Waals surface area (Å²) >= 11 is 14.1. The Bertz CT molecular complexity index is 833. The zero-order valence-corrected chi connectivity index (χ0v) is 19.4. The maximum atomic E-state index is 13.1. The van der Waals surface area contributed by atoms with Crippen molar-refractivity contribution in [2.75, 3.05) is 5.75 Å². The molecule has 0 aliphatic rings. The van der Waals surface area contributed by atoms with Gasteiger partial charge in [-0.05, 0) is 52.0 Å². The molecule has 1 atom stereocenters. The predicted octanol–water partition coefficient (Wildman–Crippen LogP) is 5.42. The molecule has 0 saturated heterocycles. The second kappa shape index (κ2) is 10.4. The van der Waals surface area contributed by atoms with E-state index in [0.717, 1.165) is 4.90 Å². The molecule has 0 aromatic heterocycles. The highest BCUT2D eigenvalue weighted by molar-refractivity contribution is 8.00. The van der Waals surface area contributed by atoms with Crippen molar-refractivity contribution in [2.45, 2.75) is 50.7 Å². The van der Waals surface area contributed by atoms with Gasteiger partial charge in [0.05, 0.1) is 5.75 Å². The number of halogens is 2. The van der Waals surface area contributed by atoms with Crippen LogP contribution in [-0.4, -0.2) is 34.0 Å². The van der Waals surface area contributed by atoms with E-state index in [1.807, 2.05) is 51.1 Å². The molecule has 0 radical (unpaired) electrons. The van der Waals surface area contributed by atoms with E-state index in [0.29, 0.717) is 15.6 Å². The molecular formula is C22H26Cl2N2O2S. The van der Waals surface area contributed by atoms with Crippen LogP contribution in [0.1, 0.15) is 33.3 Å². The van der Waals surface area contributed by atoms with Gasteiger partial charge in [-0.1, -0.05) is 47.5 Å². The number of nitrogens with one attached hydrogen (secondary N) is 1. The molecule has 0 aliphatic carbocycles. The number of carbonyl (C=O) groups excluding carboxylic acids is 2. The average molecular weight is 453 g/mol. The van der Waals surface area contributed by atoms with Gasteiger partial charge in [-0.2, -0.15) is 0 Å². The third-order valence-corrected chi connectivity index (χ3v) is 5.87. The Morgan fingerprint density at radius 2 is 1.62 bits per heavy atom. The number of hydrogen-bond donors (Lipinski definition) is 1. The van der Waals surface area contributed by atoms with E-state index in [2.05, 4.69) is 5.32 Å². The van der Waals surface area contributed by atoms with E-state index in [9.17, 15) is 9.59 Å². The highest BCUT2D eigenvalue weighted by atomic mass is 35.5. The Balaban J connectivity index is 2.24. The molecule has 29 heavy (non-hydrogen) atoms. The standard InChI is InChI=1S/C22H26Cl2N2O2S/c1-15(21(28)25-22(2,3)4)26(13-17-18(23)11-8-12-19(17)24)20(27)14-29-16-9-6-5-7-10-16/h5-12,15H,13-14H2,1-4H3,(H,25,28). The number of amides is 2. The number of hydrogen-bond acceptors (Lipinski definition) is 3. The number of rotatable bonds is 7. The Morgan fingerprint density at radius 1 is 1.03 bits per heavy atom. The van der Waals surface area contributed by atoms with Crippen molar-refractivity contribution in [3.05, 3.63) is 64.1 Å². The van der Waals surface area contributed by atoms with E-state index >= 15 is 0 Å². The Hall–Kier alpha value is -1.69. The zero-order chi connectivity index (χ0) is 21.6. The van der Waals surface area contributed by atoms with Crippen molar-refractivity contribution < 1.29 is 9.59 Å². The molecule has 7 heteroatoms. The molecule has 1 unspecified atom stereocenters. The Kier molecular flexibility index (Phi) is 8.44. The minimum atomic E-state index is -0.676. The van der Waals surface area contributed by atoms with Gasteiger partial charge in [-0.3, -0.25) is 9.59 Å². The molecule has 2 aromatic carbocycles. The van der Waals surface area contributed by atoms with Crippen LogP contribution in [0.5, 0.6) is 0 Å². The zero-order valence-electron chi connectivity index (χ0n) is 17.0. The average Bonchev–Trinajstić information content (AvgIpc) is 2.65. The van der Waals surface area contributed by atoms with Crippen molar-refractivity contribution in [1.82, 2.24) is 10.2 Å². The molecule has 1 N–H and O–H groups in total. The highest BCUT2D eigenvalue weighted by Gasteiger charge is 2.29. The lowest BCUT2D eigenvalue weighted by Gasteiger charge is -2.32. The lowest BCUT2D eigenvalue weighted by atomic mass is 10.1. The minimum Gasteiger partial charge on any atom is -0.350 e. The van der Waals surface area contributed by atoms with Gasteiger partial charge in [0.15, 0.2) is 0 Å². The lowest BCUT2D eigenvalue weighted by molar-refractivity contribution is -0.139. The first-order chi connectivity index (χ1) is 13.6. The van der Waals surface area contributed by atoms with Crippen LogP contribution in [-0.2, 0) is 16.1 Å². The fourth-order valence-electron chi connectivity index (χ4n) is 2.66. The van der Waals surface area contributed by atoms with Crippen LogP contribution in [0.4, 0.5) is 0 Å². The second-order valence-electron chi connectivity index (χ2n) is 7.74. The monoisotopic (exact) mass is 452 g/mol. The summed E-state index contributed by atoms with van der Waals surface area (Å²) in [5.74, 6) is -0.177. The summed E-state index contributed by atoms with van der Waals surface area (Å²) in [6.07, 6.45) is 0. The van der Waals surface area contributed by atoms with Crippen LogP contribution in [0, 0.1) is 0 Å². The maximum absolute atomic E-state index is 13.1.